The van der Waals surface area contributed by atoms with Crippen molar-refractivity contribution >= 4 is 17.3 Å². The molecule has 0 aliphatic carbocycles. The Kier molecular flexibility index (Phi) is 3.75. The van der Waals surface area contributed by atoms with Crippen molar-refractivity contribution in [2.75, 3.05) is 17.2 Å². The molecule has 2 aliphatic rings. The molecule has 0 saturated heterocycles. The molecule has 0 aromatic heterocycles. The second-order valence-electron chi connectivity index (χ2n) is 5.53. The molecule has 2 N–H and O–H groups in total. The van der Waals surface area contributed by atoms with Crippen LogP contribution in [0.1, 0.15) is 18.4 Å². The van der Waals surface area contributed by atoms with Crippen molar-refractivity contribution in [1.82, 2.24) is 0 Å². The molecule has 2 aliphatic heterocycles. The number of benzene rings is 1. The van der Waals surface area contributed by atoms with Crippen LogP contribution in [0.25, 0.3) is 0 Å². The van der Waals surface area contributed by atoms with Gasteiger partial charge in [0.1, 0.15) is 5.76 Å². The standard InChI is InChI=1S/C18H20N2O2/c1-3-14-16(9-10-22-17(14)4-2)20-15-7-6-13(19)11-12(15)5-8-18(20)21/h3-4,6-7,11,16H,1-2,5,8-10,19H2. The van der Waals surface area contributed by atoms with Gasteiger partial charge in [-0.15, -0.1) is 0 Å². The van der Waals surface area contributed by atoms with Gasteiger partial charge in [0.05, 0.1) is 12.6 Å². The molecular formula is C18H20N2O2. The number of nitrogen functional groups attached to an aromatic ring is 1. The number of rotatable bonds is 3. The van der Waals surface area contributed by atoms with Gasteiger partial charge in [-0.3, -0.25) is 4.79 Å². The van der Waals surface area contributed by atoms with Crippen molar-refractivity contribution in [3.63, 3.8) is 0 Å². The van der Waals surface area contributed by atoms with Gasteiger partial charge in [0.2, 0.25) is 5.91 Å². The molecule has 3 rings (SSSR count). The van der Waals surface area contributed by atoms with E-state index in [4.69, 9.17) is 10.5 Å². The zero-order valence-corrected chi connectivity index (χ0v) is 12.5. The number of carbonyl (C=O) groups excluding carboxylic acids is 1. The van der Waals surface area contributed by atoms with E-state index in [1.54, 1.807) is 12.2 Å². The van der Waals surface area contributed by atoms with E-state index in [9.17, 15) is 4.79 Å². The van der Waals surface area contributed by atoms with E-state index in [0.717, 1.165) is 35.4 Å². The highest BCUT2D eigenvalue weighted by atomic mass is 16.5. The summed E-state index contributed by atoms with van der Waals surface area (Å²) >= 11 is 0. The molecule has 0 spiro atoms. The Morgan fingerprint density at radius 3 is 2.82 bits per heavy atom. The van der Waals surface area contributed by atoms with Crippen LogP contribution in [0, 0.1) is 0 Å². The average molecular weight is 296 g/mol. The zero-order chi connectivity index (χ0) is 15.7. The summed E-state index contributed by atoms with van der Waals surface area (Å²) < 4.78 is 5.63. The molecule has 0 saturated carbocycles. The van der Waals surface area contributed by atoms with Crippen LogP contribution in [0.2, 0.25) is 0 Å². The monoisotopic (exact) mass is 296 g/mol. The summed E-state index contributed by atoms with van der Waals surface area (Å²) in [5.74, 6) is 0.841. The number of nitrogens with two attached hydrogens (primary N) is 1. The quantitative estimate of drug-likeness (QED) is 0.872. The number of hydrogen-bond donors (Lipinski definition) is 1. The Morgan fingerprint density at radius 2 is 2.09 bits per heavy atom. The highest BCUT2D eigenvalue weighted by Crippen LogP contribution is 2.36. The first-order chi connectivity index (χ1) is 10.7. The van der Waals surface area contributed by atoms with Crippen molar-refractivity contribution in [2.24, 2.45) is 0 Å². The Hall–Kier alpha value is -2.49. The molecule has 4 nitrogen and oxygen atoms in total. The molecule has 1 atom stereocenters. The van der Waals surface area contributed by atoms with Gasteiger partial charge in [0, 0.05) is 29.8 Å². The van der Waals surface area contributed by atoms with Crippen LogP contribution in [0.3, 0.4) is 0 Å². The third-order valence-corrected chi connectivity index (χ3v) is 4.25. The van der Waals surface area contributed by atoms with Crippen molar-refractivity contribution in [3.8, 4) is 0 Å². The topological polar surface area (TPSA) is 55.6 Å². The second-order valence-corrected chi connectivity index (χ2v) is 5.53. The van der Waals surface area contributed by atoms with Crippen LogP contribution in [-0.4, -0.2) is 18.6 Å². The van der Waals surface area contributed by atoms with E-state index >= 15 is 0 Å². The highest BCUT2D eigenvalue weighted by molar-refractivity contribution is 5.98. The minimum Gasteiger partial charge on any atom is -0.493 e. The lowest BCUT2D eigenvalue weighted by atomic mass is 9.93. The van der Waals surface area contributed by atoms with Crippen LogP contribution in [0.5, 0.6) is 0 Å². The van der Waals surface area contributed by atoms with Gasteiger partial charge >= 0.3 is 0 Å². The van der Waals surface area contributed by atoms with E-state index in [2.05, 4.69) is 13.2 Å². The maximum atomic E-state index is 12.6. The summed E-state index contributed by atoms with van der Waals surface area (Å²) in [4.78, 5) is 14.4. The van der Waals surface area contributed by atoms with Crippen molar-refractivity contribution in [3.05, 3.63) is 60.4 Å². The lowest BCUT2D eigenvalue weighted by molar-refractivity contribution is -0.119. The summed E-state index contributed by atoms with van der Waals surface area (Å²) in [5.41, 5.74) is 9.58. The van der Waals surface area contributed by atoms with Gasteiger partial charge in [0.15, 0.2) is 0 Å². The van der Waals surface area contributed by atoms with Crippen molar-refractivity contribution in [2.45, 2.75) is 25.3 Å². The summed E-state index contributed by atoms with van der Waals surface area (Å²) in [5, 5.41) is 0. The normalized spacial score (nSPS) is 21.2. The first-order valence-electron chi connectivity index (χ1n) is 7.48. The van der Waals surface area contributed by atoms with Gasteiger partial charge in [-0.05, 0) is 36.3 Å². The Balaban J connectivity index is 2.09. The highest BCUT2D eigenvalue weighted by Gasteiger charge is 2.34. The van der Waals surface area contributed by atoms with E-state index in [1.807, 2.05) is 23.1 Å². The van der Waals surface area contributed by atoms with E-state index < -0.39 is 0 Å². The maximum Gasteiger partial charge on any atom is 0.227 e. The van der Waals surface area contributed by atoms with E-state index in [1.165, 1.54) is 0 Å². The van der Waals surface area contributed by atoms with Crippen molar-refractivity contribution < 1.29 is 9.53 Å². The van der Waals surface area contributed by atoms with Crippen LogP contribution in [-0.2, 0) is 16.0 Å². The number of amides is 1. The number of allylic oxidation sites excluding steroid dienone is 1. The lowest BCUT2D eigenvalue weighted by Gasteiger charge is -2.39. The summed E-state index contributed by atoms with van der Waals surface area (Å²) in [6, 6.07) is 5.68. The molecular weight excluding hydrogens is 276 g/mol. The fourth-order valence-electron chi connectivity index (χ4n) is 3.24. The van der Waals surface area contributed by atoms with Crippen LogP contribution in [0.15, 0.2) is 54.8 Å². The van der Waals surface area contributed by atoms with Gasteiger partial charge in [-0.2, -0.15) is 0 Å². The molecule has 1 amide bonds. The molecule has 2 heterocycles. The van der Waals surface area contributed by atoms with Crippen molar-refractivity contribution in [1.29, 1.82) is 0 Å². The second kappa shape index (κ2) is 5.72. The minimum absolute atomic E-state index is 0.0607. The molecule has 22 heavy (non-hydrogen) atoms. The van der Waals surface area contributed by atoms with Crippen LogP contribution < -0.4 is 10.6 Å². The molecule has 0 fully saturated rings. The number of ether oxygens (including phenoxy) is 1. The summed E-state index contributed by atoms with van der Waals surface area (Å²) in [6.07, 6.45) is 5.43. The third-order valence-electron chi connectivity index (χ3n) is 4.25. The Labute approximate surface area is 130 Å². The fourth-order valence-corrected chi connectivity index (χ4v) is 3.24. The van der Waals surface area contributed by atoms with Crippen LogP contribution >= 0.6 is 0 Å². The number of hydrogen-bond acceptors (Lipinski definition) is 3. The first kappa shape index (κ1) is 14.4. The molecule has 1 aromatic rings. The number of carbonyl (C=O) groups is 1. The predicted octanol–water partition coefficient (Wildman–Crippen LogP) is 2.96. The molecule has 1 unspecified atom stereocenters. The number of anilines is 2. The average Bonchev–Trinajstić information content (AvgIpc) is 2.54. The predicted molar refractivity (Wildman–Crippen MR) is 88.4 cm³/mol. The minimum atomic E-state index is -0.0607. The van der Waals surface area contributed by atoms with E-state index in [0.29, 0.717) is 18.8 Å². The van der Waals surface area contributed by atoms with Crippen LogP contribution in [0.4, 0.5) is 11.4 Å². The SMILES string of the molecule is C=CC1=C(C=C)C(N2C(=O)CCc3cc(N)ccc32)CCO1. The maximum absolute atomic E-state index is 12.6. The third kappa shape index (κ3) is 2.30. The van der Waals surface area contributed by atoms with Gasteiger partial charge < -0.3 is 15.4 Å². The van der Waals surface area contributed by atoms with Gasteiger partial charge in [0.25, 0.3) is 0 Å². The number of nitrogens with zero attached hydrogens (tertiary/aromatic N) is 1. The molecule has 114 valence electrons. The molecule has 0 radical (unpaired) electrons. The summed E-state index contributed by atoms with van der Waals surface area (Å²) in [6.45, 7) is 8.23. The zero-order valence-electron chi connectivity index (χ0n) is 12.5. The van der Waals surface area contributed by atoms with Gasteiger partial charge in [-0.25, -0.2) is 0 Å². The smallest absolute Gasteiger partial charge is 0.227 e. The number of fused-ring (bicyclic) bond motifs is 1. The first-order valence-corrected chi connectivity index (χ1v) is 7.48. The Bertz CT molecular complexity index is 676. The Morgan fingerprint density at radius 1 is 1.27 bits per heavy atom. The molecule has 0 bridgehead atoms. The lowest BCUT2D eigenvalue weighted by Crippen LogP contribution is -2.46. The summed E-state index contributed by atoms with van der Waals surface area (Å²) in [7, 11) is 0. The van der Waals surface area contributed by atoms with E-state index in [-0.39, 0.29) is 11.9 Å². The largest absolute Gasteiger partial charge is 0.493 e. The number of aryl methyl sites for hydroxylation is 1. The fraction of sp³-hybridized carbons (Fsp3) is 0.278. The molecule has 1 aromatic carbocycles. The molecule has 4 heteroatoms. The van der Waals surface area contributed by atoms with Gasteiger partial charge in [-0.1, -0.05) is 19.2 Å².